The Morgan fingerprint density at radius 2 is 1.69 bits per heavy atom. The molecule has 2 atom stereocenters. The summed E-state index contributed by atoms with van der Waals surface area (Å²) in [5, 5.41) is 0. The van der Waals surface area contributed by atoms with Gasteiger partial charge in [-0.2, -0.15) is 0 Å². The second kappa shape index (κ2) is 3.77. The lowest BCUT2D eigenvalue weighted by molar-refractivity contribution is 0.000321. The lowest BCUT2D eigenvalue weighted by Gasteiger charge is -2.28. The molecule has 0 aromatic carbocycles. The minimum atomic E-state index is -2.56. The number of hydrogen-bond acceptors (Lipinski definition) is 1. The maximum absolute atomic E-state index is 13.9. The Labute approximate surface area is 97.7 Å². The molecule has 2 fully saturated rings. The highest BCUT2D eigenvalue weighted by Gasteiger charge is 2.81. The first-order chi connectivity index (χ1) is 7.30. The van der Waals surface area contributed by atoms with Crippen LogP contribution < -0.4 is 0 Å². The quantitative estimate of drug-likeness (QED) is 0.666. The van der Waals surface area contributed by atoms with Gasteiger partial charge in [-0.25, -0.2) is 8.78 Å². The van der Waals surface area contributed by atoms with Crippen LogP contribution in [0.25, 0.3) is 0 Å². The van der Waals surface area contributed by atoms with E-state index in [4.69, 9.17) is 4.43 Å². The predicted molar refractivity (Wildman–Crippen MR) is 63.3 cm³/mol. The van der Waals surface area contributed by atoms with Gasteiger partial charge in [-0.15, -0.1) is 0 Å². The van der Waals surface area contributed by atoms with Crippen molar-refractivity contribution >= 4 is 8.32 Å². The topological polar surface area (TPSA) is 9.23 Å². The van der Waals surface area contributed by atoms with E-state index in [-0.39, 0.29) is 0 Å². The largest absolute Gasteiger partial charge is 0.405 e. The van der Waals surface area contributed by atoms with Crippen LogP contribution in [0.5, 0.6) is 0 Å². The van der Waals surface area contributed by atoms with Gasteiger partial charge in [0.1, 0.15) is 5.60 Å². The van der Waals surface area contributed by atoms with Crippen molar-refractivity contribution in [2.24, 2.45) is 5.92 Å². The van der Waals surface area contributed by atoms with Gasteiger partial charge in [0.25, 0.3) is 5.92 Å². The van der Waals surface area contributed by atoms with Crippen LogP contribution in [-0.4, -0.2) is 19.8 Å². The lowest BCUT2D eigenvalue weighted by atomic mass is 9.99. The fraction of sp³-hybridized carbons (Fsp3) is 1.00. The third-order valence-corrected chi connectivity index (χ3v) is 4.74. The van der Waals surface area contributed by atoms with Gasteiger partial charge in [0.2, 0.25) is 0 Å². The van der Waals surface area contributed by atoms with E-state index in [2.05, 4.69) is 0 Å². The maximum atomic E-state index is 13.9. The summed E-state index contributed by atoms with van der Waals surface area (Å²) in [4.78, 5) is 0. The highest BCUT2D eigenvalue weighted by Crippen LogP contribution is 2.66. The van der Waals surface area contributed by atoms with Gasteiger partial charge < -0.3 is 4.43 Å². The van der Waals surface area contributed by atoms with Crippen molar-refractivity contribution in [3.8, 4) is 0 Å². The molecule has 0 aromatic heterocycles. The highest BCUT2D eigenvalue weighted by molar-refractivity contribution is 6.69. The molecule has 4 heteroatoms. The molecule has 0 aliphatic heterocycles. The van der Waals surface area contributed by atoms with Crippen LogP contribution in [0.15, 0.2) is 0 Å². The van der Waals surface area contributed by atoms with Crippen molar-refractivity contribution in [2.45, 2.75) is 69.7 Å². The summed E-state index contributed by atoms with van der Waals surface area (Å²) in [6.45, 7) is 6.02. The van der Waals surface area contributed by atoms with E-state index in [1.54, 1.807) is 0 Å². The summed E-state index contributed by atoms with van der Waals surface area (Å²) in [5.74, 6) is -3.05. The second-order valence-corrected chi connectivity index (χ2v) is 10.7. The first kappa shape index (κ1) is 12.5. The van der Waals surface area contributed by atoms with Crippen LogP contribution >= 0.6 is 0 Å². The van der Waals surface area contributed by atoms with Crippen LogP contribution in [0.3, 0.4) is 0 Å². The van der Waals surface area contributed by atoms with Crippen LogP contribution in [0, 0.1) is 5.92 Å². The molecule has 0 aromatic rings. The molecule has 0 amide bonds. The average molecular weight is 248 g/mol. The minimum Gasteiger partial charge on any atom is -0.405 e. The number of alkyl halides is 2. The second-order valence-electron chi connectivity index (χ2n) is 6.23. The summed E-state index contributed by atoms with van der Waals surface area (Å²) >= 11 is 0. The molecule has 0 radical (unpaired) electrons. The third-order valence-electron chi connectivity index (χ3n) is 3.76. The average Bonchev–Trinajstić information content (AvgIpc) is 2.45. The van der Waals surface area contributed by atoms with Crippen LogP contribution in [-0.2, 0) is 4.43 Å². The smallest absolute Gasteiger partial charge is 0.281 e. The van der Waals surface area contributed by atoms with Crippen molar-refractivity contribution < 1.29 is 13.2 Å². The van der Waals surface area contributed by atoms with Crippen molar-refractivity contribution in [1.82, 2.24) is 0 Å². The fourth-order valence-corrected chi connectivity index (χ4v) is 4.56. The highest BCUT2D eigenvalue weighted by atomic mass is 28.4. The number of fused-ring (bicyclic) bond motifs is 1. The molecule has 2 saturated carbocycles. The molecule has 0 bridgehead atoms. The zero-order valence-corrected chi connectivity index (χ0v) is 11.5. The zero-order valence-electron chi connectivity index (χ0n) is 10.5. The van der Waals surface area contributed by atoms with E-state index in [1.807, 2.05) is 19.6 Å². The monoisotopic (exact) mass is 248 g/mol. The summed E-state index contributed by atoms with van der Waals surface area (Å²) in [7, 11) is -1.88. The van der Waals surface area contributed by atoms with Crippen molar-refractivity contribution in [3.63, 3.8) is 0 Å². The van der Waals surface area contributed by atoms with Crippen LogP contribution in [0.2, 0.25) is 19.6 Å². The Morgan fingerprint density at radius 3 is 2.31 bits per heavy atom. The Kier molecular flexibility index (Phi) is 2.94. The molecule has 0 N–H and O–H groups in total. The Balaban J connectivity index is 2.15. The van der Waals surface area contributed by atoms with E-state index < -0.39 is 25.8 Å². The molecule has 2 aliphatic rings. The van der Waals surface area contributed by atoms with Crippen LogP contribution in [0.4, 0.5) is 8.78 Å². The van der Waals surface area contributed by atoms with E-state index in [0.29, 0.717) is 12.8 Å². The zero-order chi connectivity index (χ0) is 12.0. The summed E-state index contributed by atoms with van der Waals surface area (Å²) in [5.41, 5.74) is -1.07. The molecule has 0 saturated heterocycles. The molecule has 0 spiro atoms. The number of rotatable bonds is 2. The molecule has 0 heterocycles. The first-order valence-corrected chi connectivity index (χ1v) is 9.78. The van der Waals surface area contributed by atoms with Crippen molar-refractivity contribution in [3.05, 3.63) is 0 Å². The SMILES string of the molecule is C[Si](C)(C)OC12CCCCCCC1C2(F)F. The number of halogens is 2. The molecular formula is C12H22F2OSi. The molecule has 1 nitrogen and oxygen atoms in total. The van der Waals surface area contributed by atoms with Crippen molar-refractivity contribution in [1.29, 1.82) is 0 Å². The molecule has 2 unspecified atom stereocenters. The van der Waals surface area contributed by atoms with E-state index >= 15 is 0 Å². The fourth-order valence-electron chi connectivity index (χ4n) is 3.09. The van der Waals surface area contributed by atoms with Gasteiger partial charge in [-0.3, -0.25) is 0 Å². The van der Waals surface area contributed by atoms with E-state index in [0.717, 1.165) is 25.7 Å². The lowest BCUT2D eigenvalue weighted by Crippen LogP contribution is -2.37. The molecule has 94 valence electrons. The Hall–Kier alpha value is 0.0369. The summed E-state index contributed by atoms with van der Waals surface area (Å²) in [6.07, 6.45) is 5.25. The van der Waals surface area contributed by atoms with Gasteiger partial charge in [-0.1, -0.05) is 25.7 Å². The standard InChI is InChI=1S/C12H22F2OSi/c1-16(2,3)15-11-9-7-5-4-6-8-10(11)12(11,13)14/h10H,4-9H2,1-3H3. The molecule has 16 heavy (non-hydrogen) atoms. The molecule has 2 aliphatic carbocycles. The maximum Gasteiger partial charge on any atom is 0.281 e. The molecule has 2 rings (SSSR count). The molecular weight excluding hydrogens is 226 g/mol. The normalized spacial score (nSPS) is 38.4. The first-order valence-electron chi connectivity index (χ1n) is 6.38. The van der Waals surface area contributed by atoms with Crippen molar-refractivity contribution in [2.75, 3.05) is 0 Å². The third kappa shape index (κ3) is 1.94. The summed E-state index contributed by atoms with van der Waals surface area (Å²) < 4.78 is 33.8. The van der Waals surface area contributed by atoms with E-state index in [9.17, 15) is 8.78 Å². The Bertz CT molecular complexity index is 275. The van der Waals surface area contributed by atoms with Gasteiger partial charge in [0, 0.05) is 0 Å². The number of hydrogen-bond donors (Lipinski definition) is 0. The summed E-state index contributed by atoms with van der Waals surface area (Å²) in [6, 6.07) is 0. The Morgan fingerprint density at radius 1 is 1.06 bits per heavy atom. The van der Waals surface area contributed by atoms with Gasteiger partial charge in [-0.05, 0) is 32.5 Å². The minimum absolute atomic E-state index is 0.493. The van der Waals surface area contributed by atoms with Gasteiger partial charge >= 0.3 is 0 Å². The van der Waals surface area contributed by atoms with Crippen LogP contribution in [0.1, 0.15) is 38.5 Å². The van der Waals surface area contributed by atoms with Gasteiger partial charge in [0.05, 0.1) is 5.92 Å². The van der Waals surface area contributed by atoms with Gasteiger partial charge in [0.15, 0.2) is 8.32 Å². The van der Waals surface area contributed by atoms with E-state index in [1.165, 1.54) is 0 Å². The predicted octanol–water partition coefficient (Wildman–Crippen LogP) is 4.20.